The maximum atomic E-state index is 12.5. The molecule has 3 aromatic heterocycles. The van der Waals surface area contributed by atoms with Gasteiger partial charge in [0.25, 0.3) is 5.91 Å². The molecule has 1 N–H and O–H groups in total. The van der Waals surface area contributed by atoms with Crippen molar-refractivity contribution in [2.24, 2.45) is 0 Å². The SMILES string of the molecule is N#Cc1c2nc3ccccc3nc2n2cc(NC(=O)c3ccc(Cl)cc3)ccc12. The molecular weight excluding hydrogens is 386 g/mol. The lowest BCUT2D eigenvalue weighted by atomic mass is 10.2. The van der Waals surface area contributed by atoms with Crippen molar-refractivity contribution in [2.75, 3.05) is 5.32 Å². The van der Waals surface area contributed by atoms with Gasteiger partial charge in [0, 0.05) is 16.8 Å². The summed E-state index contributed by atoms with van der Waals surface area (Å²) in [6.07, 6.45) is 1.75. The van der Waals surface area contributed by atoms with Gasteiger partial charge in [0.05, 0.1) is 22.2 Å². The fourth-order valence-electron chi connectivity index (χ4n) is 3.32. The van der Waals surface area contributed by atoms with Crippen molar-refractivity contribution in [1.82, 2.24) is 14.4 Å². The first-order valence-electron chi connectivity index (χ1n) is 8.81. The largest absolute Gasteiger partial charge is 0.321 e. The van der Waals surface area contributed by atoms with Crippen molar-refractivity contribution in [1.29, 1.82) is 5.26 Å². The van der Waals surface area contributed by atoms with E-state index in [4.69, 9.17) is 11.6 Å². The van der Waals surface area contributed by atoms with Gasteiger partial charge in [0.2, 0.25) is 0 Å². The molecule has 138 valence electrons. The van der Waals surface area contributed by atoms with E-state index in [0.29, 0.717) is 38.5 Å². The molecule has 6 nitrogen and oxygen atoms in total. The zero-order valence-corrected chi connectivity index (χ0v) is 15.7. The molecule has 5 rings (SSSR count). The van der Waals surface area contributed by atoms with Gasteiger partial charge in [0.1, 0.15) is 17.1 Å². The zero-order valence-electron chi connectivity index (χ0n) is 14.9. The second kappa shape index (κ2) is 6.59. The number of aromatic nitrogens is 3. The standard InChI is InChI=1S/C22H12ClN5O/c23-14-7-5-13(6-8-14)22(29)25-15-9-10-19-16(11-24)20-21(28(19)12-15)27-18-4-2-1-3-17(18)26-20/h1-10,12H,(H,25,29). The van der Waals surface area contributed by atoms with Crippen LogP contribution in [0.4, 0.5) is 5.69 Å². The number of carbonyl (C=O) groups excluding carboxylic acids is 1. The third-order valence-corrected chi connectivity index (χ3v) is 4.95. The maximum absolute atomic E-state index is 12.5. The van der Waals surface area contributed by atoms with Crippen LogP contribution in [0.25, 0.3) is 27.7 Å². The van der Waals surface area contributed by atoms with E-state index in [1.165, 1.54) is 0 Å². The monoisotopic (exact) mass is 397 g/mol. The lowest BCUT2D eigenvalue weighted by Gasteiger charge is -2.07. The first kappa shape index (κ1) is 17.2. The van der Waals surface area contributed by atoms with Crippen molar-refractivity contribution in [3.63, 3.8) is 0 Å². The molecule has 0 saturated carbocycles. The van der Waals surface area contributed by atoms with Crippen LogP contribution in [0.15, 0.2) is 66.9 Å². The molecule has 0 spiro atoms. The number of nitrogens with zero attached hydrogens (tertiary/aromatic N) is 4. The first-order chi connectivity index (χ1) is 14.1. The van der Waals surface area contributed by atoms with Crippen LogP contribution < -0.4 is 5.32 Å². The quantitative estimate of drug-likeness (QED) is 0.463. The van der Waals surface area contributed by atoms with E-state index in [0.717, 1.165) is 11.0 Å². The van der Waals surface area contributed by atoms with Crippen LogP contribution in [0.2, 0.25) is 5.02 Å². The number of hydrogen-bond donors (Lipinski definition) is 1. The molecule has 0 bridgehead atoms. The molecule has 2 aromatic carbocycles. The number of halogens is 1. The number of nitrogens with one attached hydrogen (secondary N) is 1. The fraction of sp³-hybridized carbons (Fsp3) is 0. The number of amides is 1. The smallest absolute Gasteiger partial charge is 0.255 e. The van der Waals surface area contributed by atoms with Gasteiger partial charge in [-0.1, -0.05) is 23.7 Å². The number of pyridine rings is 1. The van der Waals surface area contributed by atoms with Crippen molar-refractivity contribution in [2.45, 2.75) is 0 Å². The second-order valence-corrected chi connectivity index (χ2v) is 6.94. The molecule has 0 aliphatic heterocycles. The van der Waals surface area contributed by atoms with Crippen LogP contribution in [0.3, 0.4) is 0 Å². The zero-order chi connectivity index (χ0) is 20.0. The minimum Gasteiger partial charge on any atom is -0.321 e. The van der Waals surface area contributed by atoms with Crippen LogP contribution in [0.5, 0.6) is 0 Å². The van der Waals surface area contributed by atoms with E-state index in [2.05, 4.69) is 21.4 Å². The Labute approximate surface area is 170 Å². The van der Waals surface area contributed by atoms with Gasteiger partial charge < -0.3 is 5.32 Å². The van der Waals surface area contributed by atoms with Crippen LogP contribution in [-0.2, 0) is 0 Å². The van der Waals surface area contributed by atoms with E-state index in [1.54, 1.807) is 47.0 Å². The highest BCUT2D eigenvalue weighted by Gasteiger charge is 2.16. The predicted molar refractivity (Wildman–Crippen MR) is 112 cm³/mol. The fourth-order valence-corrected chi connectivity index (χ4v) is 3.44. The molecule has 0 aliphatic carbocycles. The predicted octanol–water partition coefficient (Wildman–Crippen LogP) is 4.81. The number of benzene rings is 2. The summed E-state index contributed by atoms with van der Waals surface area (Å²) in [6, 6.07) is 19.9. The second-order valence-electron chi connectivity index (χ2n) is 6.51. The third-order valence-electron chi connectivity index (χ3n) is 4.70. The highest BCUT2D eigenvalue weighted by atomic mass is 35.5. The van der Waals surface area contributed by atoms with Crippen LogP contribution in [0.1, 0.15) is 15.9 Å². The number of carbonyl (C=O) groups is 1. The lowest BCUT2D eigenvalue weighted by Crippen LogP contribution is -2.12. The Morgan fingerprint density at radius 3 is 2.45 bits per heavy atom. The maximum Gasteiger partial charge on any atom is 0.255 e. The van der Waals surface area contributed by atoms with Crippen LogP contribution in [-0.4, -0.2) is 20.3 Å². The summed E-state index contributed by atoms with van der Waals surface area (Å²) in [5, 5.41) is 13.1. The van der Waals surface area contributed by atoms with Gasteiger partial charge in [-0.05, 0) is 48.5 Å². The summed E-state index contributed by atoms with van der Waals surface area (Å²) in [4.78, 5) is 21.8. The van der Waals surface area contributed by atoms with Crippen LogP contribution >= 0.6 is 11.6 Å². The molecule has 29 heavy (non-hydrogen) atoms. The molecule has 0 saturated heterocycles. The highest BCUT2D eigenvalue weighted by molar-refractivity contribution is 6.30. The highest BCUT2D eigenvalue weighted by Crippen LogP contribution is 2.27. The number of para-hydroxylation sites is 2. The Hall–Kier alpha value is -3.95. The van der Waals surface area contributed by atoms with E-state index >= 15 is 0 Å². The van der Waals surface area contributed by atoms with Gasteiger partial charge in [-0.15, -0.1) is 0 Å². The molecular formula is C22H12ClN5O. The minimum atomic E-state index is -0.255. The summed E-state index contributed by atoms with van der Waals surface area (Å²) in [5.74, 6) is -0.255. The normalized spacial score (nSPS) is 11.0. The van der Waals surface area contributed by atoms with Gasteiger partial charge in [-0.3, -0.25) is 9.20 Å². The van der Waals surface area contributed by atoms with Crippen molar-refractivity contribution in [3.05, 3.63) is 83.0 Å². The first-order valence-corrected chi connectivity index (χ1v) is 9.19. The molecule has 0 unspecified atom stereocenters. The van der Waals surface area contributed by atoms with Gasteiger partial charge in [-0.2, -0.15) is 5.26 Å². The summed E-state index contributed by atoms with van der Waals surface area (Å²) < 4.78 is 1.78. The molecule has 0 atom stereocenters. The number of fused-ring (bicyclic) bond motifs is 4. The molecule has 0 aliphatic rings. The van der Waals surface area contributed by atoms with Gasteiger partial charge >= 0.3 is 0 Å². The Balaban J connectivity index is 1.64. The minimum absolute atomic E-state index is 0.255. The van der Waals surface area contributed by atoms with Gasteiger partial charge in [-0.25, -0.2) is 9.97 Å². The number of hydrogen-bond acceptors (Lipinski definition) is 4. The molecule has 3 heterocycles. The summed E-state index contributed by atoms with van der Waals surface area (Å²) in [6.45, 7) is 0. The third kappa shape index (κ3) is 2.85. The number of anilines is 1. The Morgan fingerprint density at radius 1 is 1.00 bits per heavy atom. The number of rotatable bonds is 2. The Morgan fingerprint density at radius 2 is 1.72 bits per heavy atom. The molecule has 0 radical (unpaired) electrons. The van der Waals surface area contributed by atoms with E-state index in [1.807, 2.05) is 24.3 Å². The average Bonchev–Trinajstić information content (AvgIpc) is 3.04. The summed E-state index contributed by atoms with van der Waals surface area (Å²) >= 11 is 5.88. The number of nitriles is 1. The molecule has 0 fully saturated rings. The van der Waals surface area contributed by atoms with E-state index in [-0.39, 0.29) is 5.91 Å². The van der Waals surface area contributed by atoms with Gasteiger partial charge in [0.15, 0.2) is 5.65 Å². The lowest BCUT2D eigenvalue weighted by molar-refractivity contribution is 0.102. The average molecular weight is 398 g/mol. The van der Waals surface area contributed by atoms with E-state index < -0.39 is 0 Å². The Kier molecular flexibility index (Phi) is 3.90. The van der Waals surface area contributed by atoms with E-state index in [9.17, 15) is 10.1 Å². The van der Waals surface area contributed by atoms with Crippen LogP contribution in [0, 0.1) is 11.3 Å². The molecule has 1 amide bonds. The summed E-state index contributed by atoms with van der Waals surface area (Å²) in [5.41, 5.74) is 4.77. The van der Waals surface area contributed by atoms with Crippen molar-refractivity contribution in [3.8, 4) is 6.07 Å². The summed E-state index contributed by atoms with van der Waals surface area (Å²) in [7, 11) is 0. The van der Waals surface area contributed by atoms with Crippen molar-refractivity contribution >= 4 is 50.9 Å². The molecule has 5 aromatic rings. The molecule has 7 heteroatoms. The topological polar surface area (TPSA) is 83.1 Å². The van der Waals surface area contributed by atoms with Crippen molar-refractivity contribution < 1.29 is 4.79 Å². The Bertz CT molecular complexity index is 1460.